The van der Waals surface area contributed by atoms with E-state index in [2.05, 4.69) is 19.9 Å². The van der Waals surface area contributed by atoms with Gasteiger partial charge in [-0.1, -0.05) is 0 Å². The second-order valence-electron chi connectivity index (χ2n) is 8.04. The fourth-order valence-electron chi connectivity index (χ4n) is 4.10. The van der Waals surface area contributed by atoms with Crippen LogP contribution in [0.1, 0.15) is 17.8 Å². The highest BCUT2D eigenvalue weighted by Crippen LogP contribution is 2.31. The van der Waals surface area contributed by atoms with E-state index in [0.29, 0.717) is 60.7 Å². The number of morpholine rings is 1. The normalized spacial score (nSPS) is 21.7. The van der Waals surface area contributed by atoms with Crippen molar-refractivity contribution in [2.45, 2.75) is 26.4 Å². The zero-order valence-electron chi connectivity index (χ0n) is 17.4. The van der Waals surface area contributed by atoms with Crippen molar-refractivity contribution in [1.82, 2.24) is 19.9 Å². The number of halogens is 2. The van der Waals surface area contributed by atoms with Crippen LogP contribution < -0.4 is 4.90 Å². The summed E-state index contributed by atoms with van der Waals surface area (Å²) in [6.45, 7) is 6.89. The Labute approximate surface area is 178 Å². The Balaban J connectivity index is 1.61. The van der Waals surface area contributed by atoms with Gasteiger partial charge in [-0.15, -0.1) is 0 Å². The number of nitrogens with zero attached hydrogens (tertiary/aromatic N) is 5. The van der Waals surface area contributed by atoms with Crippen molar-refractivity contribution in [1.29, 1.82) is 0 Å². The number of anilines is 1. The van der Waals surface area contributed by atoms with Gasteiger partial charge in [0.15, 0.2) is 5.65 Å². The van der Waals surface area contributed by atoms with Crippen molar-refractivity contribution in [3.63, 3.8) is 0 Å². The van der Waals surface area contributed by atoms with Crippen molar-refractivity contribution >= 4 is 17.1 Å². The molecule has 2 fully saturated rings. The molecule has 3 aromatic rings. The monoisotopic (exact) mass is 427 g/mol. The largest absolute Gasteiger partial charge is 0.381 e. The van der Waals surface area contributed by atoms with E-state index in [1.165, 1.54) is 12.1 Å². The molecule has 9 heteroatoms. The summed E-state index contributed by atoms with van der Waals surface area (Å²) in [4.78, 5) is 20.5. The zero-order valence-corrected chi connectivity index (χ0v) is 17.4. The molecule has 1 unspecified atom stereocenters. The fourth-order valence-corrected chi connectivity index (χ4v) is 4.10. The first-order valence-corrected chi connectivity index (χ1v) is 10.4. The van der Waals surface area contributed by atoms with Gasteiger partial charge in [-0.2, -0.15) is 4.98 Å². The molecule has 0 spiro atoms. The van der Waals surface area contributed by atoms with E-state index < -0.39 is 11.6 Å². The lowest BCUT2D eigenvalue weighted by atomic mass is 10.0. The second kappa shape index (κ2) is 8.05. The standard InChI is InChI=1S/C22H23F2N5O2/c1-12-13(2)26-21-20(25-12)19(16-4-3-15(23)9-17(16)24)27-22(28-21)29-6-8-31-18(10-29)14-5-7-30-11-14/h3-4,9,14,18H,5-8,10-11H2,1-2H3/t14?,18-/m1/s1. The van der Waals surface area contributed by atoms with Crippen LogP contribution in [0, 0.1) is 31.4 Å². The molecule has 0 aliphatic carbocycles. The molecule has 2 aliphatic rings. The molecule has 2 aromatic heterocycles. The van der Waals surface area contributed by atoms with Crippen LogP contribution in [0.25, 0.3) is 22.4 Å². The van der Waals surface area contributed by atoms with Gasteiger partial charge in [0.05, 0.1) is 30.7 Å². The number of ether oxygens (including phenoxy) is 2. The van der Waals surface area contributed by atoms with E-state index in [-0.39, 0.29) is 11.7 Å². The maximum absolute atomic E-state index is 14.7. The predicted molar refractivity (Wildman–Crippen MR) is 111 cm³/mol. The van der Waals surface area contributed by atoms with Gasteiger partial charge in [0.1, 0.15) is 22.8 Å². The summed E-state index contributed by atoms with van der Waals surface area (Å²) in [5.74, 6) is -0.570. The highest BCUT2D eigenvalue weighted by molar-refractivity contribution is 5.88. The topological polar surface area (TPSA) is 73.3 Å². The Kier molecular flexibility index (Phi) is 5.23. The van der Waals surface area contributed by atoms with Gasteiger partial charge < -0.3 is 14.4 Å². The van der Waals surface area contributed by atoms with Crippen LogP contribution >= 0.6 is 0 Å². The van der Waals surface area contributed by atoms with E-state index in [1.807, 2.05) is 18.7 Å². The van der Waals surface area contributed by atoms with Crippen molar-refractivity contribution < 1.29 is 18.3 Å². The number of benzene rings is 1. The summed E-state index contributed by atoms with van der Waals surface area (Å²) in [5.41, 5.74) is 2.71. The van der Waals surface area contributed by atoms with Crippen molar-refractivity contribution in [2.24, 2.45) is 5.92 Å². The van der Waals surface area contributed by atoms with Crippen LogP contribution in [0.2, 0.25) is 0 Å². The minimum Gasteiger partial charge on any atom is -0.381 e. The van der Waals surface area contributed by atoms with Gasteiger partial charge >= 0.3 is 0 Å². The summed E-state index contributed by atoms with van der Waals surface area (Å²) in [6, 6.07) is 3.44. The van der Waals surface area contributed by atoms with E-state index >= 15 is 0 Å². The average molecular weight is 427 g/mol. The second-order valence-corrected chi connectivity index (χ2v) is 8.04. The Hall–Kier alpha value is -2.78. The quantitative estimate of drug-likeness (QED) is 0.635. The molecule has 0 N–H and O–H groups in total. The smallest absolute Gasteiger partial charge is 0.228 e. The molecule has 0 amide bonds. The molecule has 0 saturated carbocycles. The summed E-state index contributed by atoms with van der Waals surface area (Å²) >= 11 is 0. The third-order valence-electron chi connectivity index (χ3n) is 5.98. The lowest BCUT2D eigenvalue weighted by Gasteiger charge is -2.35. The molecular weight excluding hydrogens is 404 g/mol. The number of hydrogen-bond acceptors (Lipinski definition) is 7. The third kappa shape index (κ3) is 3.83. The molecule has 0 bridgehead atoms. The van der Waals surface area contributed by atoms with Gasteiger partial charge in [0.25, 0.3) is 0 Å². The Morgan fingerprint density at radius 2 is 1.87 bits per heavy atom. The number of hydrogen-bond donors (Lipinski definition) is 0. The number of fused-ring (bicyclic) bond motifs is 1. The third-order valence-corrected chi connectivity index (χ3v) is 5.98. The average Bonchev–Trinajstić information content (AvgIpc) is 3.29. The van der Waals surface area contributed by atoms with Gasteiger partial charge in [0.2, 0.25) is 5.95 Å². The van der Waals surface area contributed by atoms with Crippen LogP contribution in [-0.4, -0.2) is 59.0 Å². The molecular formula is C22H23F2N5O2. The minimum absolute atomic E-state index is 0.0207. The molecule has 2 aliphatic heterocycles. The first kappa shape index (κ1) is 20.1. The number of aryl methyl sites for hydroxylation is 2. The highest BCUT2D eigenvalue weighted by atomic mass is 19.1. The van der Waals surface area contributed by atoms with Crippen LogP contribution in [0.15, 0.2) is 18.2 Å². The maximum Gasteiger partial charge on any atom is 0.228 e. The van der Waals surface area contributed by atoms with Crippen molar-refractivity contribution in [2.75, 3.05) is 37.8 Å². The van der Waals surface area contributed by atoms with E-state index in [1.54, 1.807) is 0 Å². The molecule has 31 heavy (non-hydrogen) atoms. The molecule has 7 nitrogen and oxygen atoms in total. The Morgan fingerprint density at radius 1 is 1.03 bits per heavy atom. The van der Waals surface area contributed by atoms with Crippen LogP contribution in [0.5, 0.6) is 0 Å². The van der Waals surface area contributed by atoms with Crippen LogP contribution in [0.4, 0.5) is 14.7 Å². The molecule has 2 saturated heterocycles. The van der Waals surface area contributed by atoms with Crippen molar-refractivity contribution in [3.05, 3.63) is 41.2 Å². The molecule has 1 aromatic carbocycles. The lowest BCUT2D eigenvalue weighted by molar-refractivity contribution is -0.00167. The minimum atomic E-state index is -0.700. The van der Waals surface area contributed by atoms with Gasteiger partial charge in [-0.3, -0.25) is 0 Å². The fraction of sp³-hybridized carbons (Fsp3) is 0.455. The molecule has 162 valence electrons. The predicted octanol–water partition coefficient (Wildman–Crippen LogP) is 3.22. The van der Waals surface area contributed by atoms with Gasteiger partial charge in [-0.25, -0.2) is 23.7 Å². The molecule has 5 rings (SSSR count). The zero-order chi connectivity index (χ0) is 21.5. The van der Waals surface area contributed by atoms with Crippen molar-refractivity contribution in [3.8, 4) is 11.3 Å². The highest BCUT2D eigenvalue weighted by Gasteiger charge is 2.32. The van der Waals surface area contributed by atoms with E-state index in [9.17, 15) is 8.78 Å². The first-order valence-electron chi connectivity index (χ1n) is 10.4. The Bertz CT molecular complexity index is 1140. The summed E-state index contributed by atoms with van der Waals surface area (Å²) in [7, 11) is 0. The van der Waals surface area contributed by atoms with E-state index in [4.69, 9.17) is 9.47 Å². The Morgan fingerprint density at radius 3 is 2.65 bits per heavy atom. The summed E-state index contributed by atoms with van der Waals surface area (Å²) < 4.78 is 39.7. The number of aromatic nitrogens is 4. The lowest BCUT2D eigenvalue weighted by Crippen LogP contribution is -2.46. The van der Waals surface area contributed by atoms with Crippen LogP contribution in [0.3, 0.4) is 0 Å². The molecule has 2 atom stereocenters. The maximum atomic E-state index is 14.7. The number of rotatable bonds is 3. The SMILES string of the molecule is Cc1nc2nc(N3CCO[C@@H](C4CCOC4)C3)nc(-c3ccc(F)cc3F)c2nc1C. The summed E-state index contributed by atoms with van der Waals surface area (Å²) in [6.07, 6.45) is 0.986. The van der Waals surface area contributed by atoms with Gasteiger partial charge in [0, 0.05) is 37.2 Å². The molecule has 0 radical (unpaired) electrons. The van der Waals surface area contributed by atoms with Gasteiger partial charge in [-0.05, 0) is 32.4 Å². The van der Waals surface area contributed by atoms with E-state index in [0.717, 1.165) is 24.8 Å². The first-order chi connectivity index (χ1) is 15.0. The van der Waals surface area contributed by atoms with Crippen LogP contribution in [-0.2, 0) is 9.47 Å². The summed E-state index contributed by atoms with van der Waals surface area (Å²) in [5, 5.41) is 0. The molecule has 4 heterocycles.